The molecule has 1 amide bonds. The van der Waals surface area contributed by atoms with E-state index in [1.165, 1.54) is 18.3 Å². The Labute approximate surface area is 115 Å². The van der Waals surface area contributed by atoms with Crippen molar-refractivity contribution in [3.05, 3.63) is 24.0 Å². The maximum Gasteiger partial charge on any atom is 0.406 e. The normalized spacial score (nSPS) is 13.6. The molecule has 0 aliphatic rings. The predicted molar refractivity (Wildman–Crippen MR) is 68.3 cm³/mol. The SMILES string of the molecule is CC(C)CC(O)CNC(=O)c1cccn1CC(F)(F)F. The minimum atomic E-state index is -4.38. The molecule has 7 heteroatoms. The highest BCUT2D eigenvalue weighted by Crippen LogP contribution is 2.19. The van der Waals surface area contributed by atoms with Gasteiger partial charge in [0, 0.05) is 12.7 Å². The zero-order valence-corrected chi connectivity index (χ0v) is 11.4. The van der Waals surface area contributed by atoms with Crippen molar-refractivity contribution in [1.29, 1.82) is 0 Å². The molecule has 0 saturated heterocycles. The fourth-order valence-corrected chi connectivity index (χ4v) is 1.88. The molecule has 114 valence electrons. The van der Waals surface area contributed by atoms with Gasteiger partial charge in [-0.3, -0.25) is 4.79 Å². The maximum absolute atomic E-state index is 12.3. The largest absolute Gasteiger partial charge is 0.406 e. The Kier molecular flexibility index (Phi) is 5.62. The average molecular weight is 292 g/mol. The van der Waals surface area contributed by atoms with Gasteiger partial charge in [-0.2, -0.15) is 13.2 Å². The van der Waals surface area contributed by atoms with Gasteiger partial charge in [0.1, 0.15) is 12.2 Å². The van der Waals surface area contributed by atoms with Crippen molar-refractivity contribution >= 4 is 5.91 Å². The van der Waals surface area contributed by atoms with Crippen LogP contribution in [0.2, 0.25) is 0 Å². The van der Waals surface area contributed by atoms with Crippen LogP contribution in [0.3, 0.4) is 0 Å². The van der Waals surface area contributed by atoms with Gasteiger partial charge < -0.3 is 15.0 Å². The van der Waals surface area contributed by atoms with Crippen LogP contribution < -0.4 is 5.32 Å². The Morgan fingerprint density at radius 1 is 1.45 bits per heavy atom. The molecule has 1 rings (SSSR count). The quantitative estimate of drug-likeness (QED) is 0.844. The van der Waals surface area contributed by atoms with E-state index in [-0.39, 0.29) is 18.2 Å². The van der Waals surface area contributed by atoms with Crippen LogP contribution in [0.5, 0.6) is 0 Å². The van der Waals surface area contributed by atoms with Gasteiger partial charge >= 0.3 is 6.18 Å². The first-order valence-corrected chi connectivity index (χ1v) is 6.37. The van der Waals surface area contributed by atoms with Crippen LogP contribution in [-0.4, -0.2) is 34.4 Å². The second-order valence-corrected chi connectivity index (χ2v) is 5.13. The monoisotopic (exact) mass is 292 g/mol. The number of aromatic nitrogens is 1. The van der Waals surface area contributed by atoms with Gasteiger partial charge in [-0.05, 0) is 24.5 Å². The van der Waals surface area contributed by atoms with Crippen LogP contribution in [0.25, 0.3) is 0 Å². The van der Waals surface area contributed by atoms with Crippen molar-refractivity contribution in [2.24, 2.45) is 5.92 Å². The number of amides is 1. The minimum absolute atomic E-state index is 0.0220. The van der Waals surface area contributed by atoms with Crippen LogP contribution in [-0.2, 0) is 6.54 Å². The maximum atomic E-state index is 12.3. The summed E-state index contributed by atoms with van der Waals surface area (Å²) in [6.07, 6.45) is -3.37. The highest BCUT2D eigenvalue weighted by molar-refractivity contribution is 5.92. The molecule has 4 nitrogen and oxygen atoms in total. The summed E-state index contributed by atoms with van der Waals surface area (Å²) < 4.78 is 37.8. The van der Waals surface area contributed by atoms with Gasteiger partial charge in [0.25, 0.3) is 5.91 Å². The predicted octanol–water partition coefficient (Wildman–Crippen LogP) is 2.19. The molecule has 1 aromatic heterocycles. The molecule has 0 spiro atoms. The van der Waals surface area contributed by atoms with Gasteiger partial charge in [-0.25, -0.2) is 0 Å². The van der Waals surface area contributed by atoms with Gasteiger partial charge in [0.15, 0.2) is 0 Å². The van der Waals surface area contributed by atoms with E-state index in [2.05, 4.69) is 5.32 Å². The smallest absolute Gasteiger partial charge is 0.391 e. The molecule has 20 heavy (non-hydrogen) atoms. The lowest BCUT2D eigenvalue weighted by molar-refractivity contribution is -0.140. The Morgan fingerprint density at radius 2 is 2.10 bits per heavy atom. The second-order valence-electron chi connectivity index (χ2n) is 5.13. The lowest BCUT2D eigenvalue weighted by atomic mass is 10.1. The number of halogens is 3. The summed E-state index contributed by atoms with van der Waals surface area (Å²) >= 11 is 0. The van der Waals surface area contributed by atoms with E-state index < -0.39 is 24.7 Å². The highest BCUT2D eigenvalue weighted by atomic mass is 19.4. The highest BCUT2D eigenvalue weighted by Gasteiger charge is 2.29. The number of rotatable bonds is 6. The van der Waals surface area contributed by atoms with Crippen LogP contribution in [0.4, 0.5) is 13.2 Å². The third-order valence-electron chi connectivity index (χ3n) is 2.65. The standard InChI is InChI=1S/C13H19F3N2O2/c1-9(2)6-10(19)7-17-12(20)11-4-3-5-18(11)8-13(14,15)16/h3-5,9-10,19H,6-8H2,1-2H3,(H,17,20). The van der Waals surface area contributed by atoms with Crippen LogP contribution in [0, 0.1) is 5.92 Å². The molecule has 0 saturated carbocycles. The van der Waals surface area contributed by atoms with Crippen molar-refractivity contribution in [2.45, 2.75) is 39.1 Å². The van der Waals surface area contributed by atoms with E-state index in [1.54, 1.807) is 0 Å². The van der Waals surface area contributed by atoms with Gasteiger partial charge in [-0.1, -0.05) is 13.8 Å². The molecule has 0 aliphatic carbocycles. The van der Waals surface area contributed by atoms with Crippen molar-refractivity contribution < 1.29 is 23.1 Å². The molecule has 0 aromatic carbocycles. The number of carbonyl (C=O) groups is 1. The molecule has 1 heterocycles. The summed E-state index contributed by atoms with van der Waals surface area (Å²) in [6.45, 7) is 2.67. The number of nitrogens with zero attached hydrogens (tertiary/aromatic N) is 1. The number of aliphatic hydroxyl groups excluding tert-OH is 1. The summed E-state index contributed by atoms with van der Waals surface area (Å²) in [4.78, 5) is 11.8. The average Bonchev–Trinajstić information content (AvgIpc) is 2.70. The van der Waals surface area contributed by atoms with Gasteiger partial charge in [0.05, 0.1) is 6.10 Å². The number of nitrogens with one attached hydrogen (secondary N) is 1. The number of aliphatic hydroxyl groups is 1. The van der Waals surface area contributed by atoms with Crippen LogP contribution in [0.1, 0.15) is 30.8 Å². The lowest BCUT2D eigenvalue weighted by Crippen LogP contribution is -2.34. The Bertz CT molecular complexity index is 441. The second kappa shape index (κ2) is 6.78. The minimum Gasteiger partial charge on any atom is -0.391 e. The summed E-state index contributed by atoms with van der Waals surface area (Å²) in [5.74, 6) is -0.349. The summed E-state index contributed by atoms with van der Waals surface area (Å²) in [5.41, 5.74) is -0.0703. The fraction of sp³-hybridized carbons (Fsp3) is 0.615. The summed E-state index contributed by atoms with van der Waals surface area (Å²) in [7, 11) is 0. The van der Waals surface area contributed by atoms with E-state index in [4.69, 9.17) is 0 Å². The first-order valence-electron chi connectivity index (χ1n) is 6.37. The molecule has 2 N–H and O–H groups in total. The first-order chi connectivity index (χ1) is 9.19. The molecular weight excluding hydrogens is 273 g/mol. The number of hydrogen-bond acceptors (Lipinski definition) is 2. The zero-order valence-electron chi connectivity index (χ0n) is 11.4. The van der Waals surface area contributed by atoms with Crippen molar-refractivity contribution in [3.8, 4) is 0 Å². The topological polar surface area (TPSA) is 54.3 Å². The first kappa shape index (κ1) is 16.6. The van der Waals surface area contributed by atoms with Crippen LogP contribution >= 0.6 is 0 Å². The summed E-state index contributed by atoms with van der Waals surface area (Å²) in [5, 5.41) is 12.1. The van der Waals surface area contributed by atoms with E-state index in [1.807, 2.05) is 13.8 Å². The molecule has 0 aliphatic heterocycles. The third kappa shape index (κ3) is 5.64. The van der Waals surface area contributed by atoms with E-state index in [0.29, 0.717) is 6.42 Å². The number of hydrogen-bond donors (Lipinski definition) is 2. The number of alkyl halides is 3. The lowest BCUT2D eigenvalue weighted by Gasteiger charge is -2.15. The van der Waals surface area contributed by atoms with Crippen molar-refractivity contribution in [2.75, 3.05) is 6.54 Å². The third-order valence-corrected chi connectivity index (χ3v) is 2.65. The van der Waals surface area contributed by atoms with Gasteiger partial charge in [0.2, 0.25) is 0 Å². The molecule has 0 bridgehead atoms. The van der Waals surface area contributed by atoms with E-state index >= 15 is 0 Å². The van der Waals surface area contributed by atoms with Crippen LogP contribution in [0.15, 0.2) is 18.3 Å². The molecule has 1 aromatic rings. The molecule has 0 radical (unpaired) electrons. The molecule has 1 unspecified atom stereocenters. The molecule has 1 atom stereocenters. The van der Waals surface area contributed by atoms with E-state index in [9.17, 15) is 23.1 Å². The molecular formula is C13H19F3N2O2. The van der Waals surface area contributed by atoms with Crippen molar-refractivity contribution in [1.82, 2.24) is 9.88 Å². The summed E-state index contributed by atoms with van der Waals surface area (Å²) in [6, 6.07) is 2.70. The molecule has 0 fully saturated rings. The zero-order chi connectivity index (χ0) is 15.3. The Morgan fingerprint density at radius 3 is 2.65 bits per heavy atom. The Balaban J connectivity index is 2.58. The Hall–Kier alpha value is -1.50. The number of carbonyl (C=O) groups excluding carboxylic acids is 1. The van der Waals surface area contributed by atoms with Gasteiger partial charge in [-0.15, -0.1) is 0 Å². The van der Waals surface area contributed by atoms with E-state index in [0.717, 1.165) is 4.57 Å². The van der Waals surface area contributed by atoms with Crippen molar-refractivity contribution in [3.63, 3.8) is 0 Å². The fourth-order valence-electron chi connectivity index (χ4n) is 1.88.